The van der Waals surface area contributed by atoms with E-state index in [1.165, 1.54) is 0 Å². The van der Waals surface area contributed by atoms with Crippen LogP contribution in [0.4, 0.5) is 0 Å². The van der Waals surface area contributed by atoms with Crippen LogP contribution in [0.1, 0.15) is 66.9 Å². The summed E-state index contributed by atoms with van der Waals surface area (Å²) in [5.41, 5.74) is 0.436. The van der Waals surface area contributed by atoms with Gasteiger partial charge in [-0.1, -0.05) is 70.2 Å². The van der Waals surface area contributed by atoms with E-state index in [2.05, 4.69) is 26.1 Å². The Kier molecular flexibility index (Phi) is 9.45. The SMILES string of the molecule is CCOC(=O)[C@H]1[C@H]2C(=O)N([C@@H](CO)Cc3ccccc3)[C@H](C(=O)NC(C)(C)CC(C)(C)C)[C@H]2C=C[C@H]1CC. The molecule has 1 heterocycles. The predicted octanol–water partition coefficient (Wildman–Crippen LogP) is 4.14. The quantitative estimate of drug-likeness (QED) is 0.353. The van der Waals surface area contributed by atoms with E-state index in [4.69, 9.17) is 4.74 Å². The molecule has 2 aliphatic rings. The van der Waals surface area contributed by atoms with Crippen molar-refractivity contribution in [1.29, 1.82) is 0 Å². The van der Waals surface area contributed by atoms with Gasteiger partial charge in [-0.15, -0.1) is 0 Å². The third-order valence-corrected chi connectivity index (χ3v) is 7.70. The number of amides is 2. The zero-order valence-corrected chi connectivity index (χ0v) is 24.1. The van der Waals surface area contributed by atoms with Crippen LogP contribution >= 0.6 is 0 Å². The topological polar surface area (TPSA) is 95.9 Å². The molecular formula is C31H46N2O5. The number of allylic oxidation sites excluding steroid dienone is 1. The minimum Gasteiger partial charge on any atom is -0.466 e. The van der Waals surface area contributed by atoms with E-state index < -0.39 is 41.3 Å². The third-order valence-electron chi connectivity index (χ3n) is 7.70. The second-order valence-corrected chi connectivity index (χ2v) is 12.7. The van der Waals surface area contributed by atoms with Crippen LogP contribution in [-0.4, -0.2) is 58.6 Å². The lowest BCUT2D eigenvalue weighted by atomic mass is 9.69. The first-order valence-electron chi connectivity index (χ1n) is 14.0. The number of hydrogen-bond donors (Lipinski definition) is 2. The van der Waals surface area contributed by atoms with Gasteiger partial charge in [0.25, 0.3) is 0 Å². The van der Waals surface area contributed by atoms with E-state index in [0.29, 0.717) is 12.8 Å². The van der Waals surface area contributed by atoms with Gasteiger partial charge in [0.05, 0.1) is 31.1 Å². The molecule has 1 aliphatic carbocycles. The van der Waals surface area contributed by atoms with Crippen molar-refractivity contribution in [2.75, 3.05) is 13.2 Å². The van der Waals surface area contributed by atoms with Crippen LogP contribution in [0, 0.1) is 29.1 Å². The Labute approximate surface area is 228 Å². The average molecular weight is 527 g/mol. The Hall–Kier alpha value is -2.67. The highest BCUT2D eigenvalue weighted by Crippen LogP contribution is 2.46. The van der Waals surface area contributed by atoms with Crippen molar-refractivity contribution < 1.29 is 24.2 Å². The lowest BCUT2D eigenvalue weighted by Crippen LogP contribution is -2.57. The molecule has 2 N–H and O–H groups in total. The van der Waals surface area contributed by atoms with Gasteiger partial charge in [-0.05, 0) is 56.9 Å². The molecule has 6 atom stereocenters. The maximum absolute atomic E-state index is 14.2. The van der Waals surface area contributed by atoms with E-state index in [1.807, 2.05) is 63.3 Å². The number of carbonyl (C=O) groups excluding carboxylic acids is 3. The van der Waals surface area contributed by atoms with Gasteiger partial charge in [-0.3, -0.25) is 14.4 Å². The number of ether oxygens (including phenoxy) is 1. The van der Waals surface area contributed by atoms with Crippen LogP contribution in [0.15, 0.2) is 42.5 Å². The number of nitrogens with one attached hydrogen (secondary N) is 1. The molecule has 0 unspecified atom stereocenters. The van der Waals surface area contributed by atoms with Crippen molar-refractivity contribution in [2.45, 2.75) is 85.4 Å². The third kappa shape index (κ3) is 6.66. The maximum Gasteiger partial charge on any atom is 0.310 e. The highest BCUT2D eigenvalue weighted by molar-refractivity contribution is 5.96. The van der Waals surface area contributed by atoms with Gasteiger partial charge >= 0.3 is 5.97 Å². The molecule has 0 saturated carbocycles. The van der Waals surface area contributed by atoms with Crippen molar-refractivity contribution in [2.24, 2.45) is 29.1 Å². The van der Waals surface area contributed by atoms with Gasteiger partial charge in [0.1, 0.15) is 6.04 Å². The van der Waals surface area contributed by atoms with Crippen molar-refractivity contribution in [3.8, 4) is 0 Å². The molecule has 1 fully saturated rings. The summed E-state index contributed by atoms with van der Waals surface area (Å²) in [4.78, 5) is 43.0. The number of likely N-dealkylation sites (tertiary alicyclic amines) is 1. The molecule has 38 heavy (non-hydrogen) atoms. The van der Waals surface area contributed by atoms with Crippen molar-refractivity contribution in [3.05, 3.63) is 48.0 Å². The molecule has 3 rings (SSSR count). The lowest BCUT2D eigenvalue weighted by molar-refractivity contribution is -0.156. The van der Waals surface area contributed by atoms with E-state index >= 15 is 0 Å². The smallest absolute Gasteiger partial charge is 0.310 e. The van der Waals surface area contributed by atoms with Gasteiger partial charge < -0.3 is 20.1 Å². The molecule has 7 heteroatoms. The molecule has 7 nitrogen and oxygen atoms in total. The second kappa shape index (κ2) is 12.0. The number of aliphatic hydroxyl groups excluding tert-OH is 1. The first-order valence-corrected chi connectivity index (χ1v) is 14.0. The number of rotatable bonds is 10. The average Bonchev–Trinajstić information content (AvgIpc) is 3.13. The lowest BCUT2D eigenvalue weighted by Gasteiger charge is -2.38. The van der Waals surface area contributed by atoms with Crippen molar-refractivity contribution in [1.82, 2.24) is 10.2 Å². The Morgan fingerprint density at radius 3 is 2.29 bits per heavy atom. The highest BCUT2D eigenvalue weighted by Gasteiger charge is 2.59. The monoisotopic (exact) mass is 526 g/mol. The van der Waals surface area contributed by atoms with Crippen LogP contribution < -0.4 is 5.32 Å². The molecule has 210 valence electrons. The summed E-state index contributed by atoms with van der Waals surface area (Å²) in [6.07, 6.45) is 5.75. The van der Waals surface area contributed by atoms with Crippen LogP contribution in [0.5, 0.6) is 0 Å². The maximum atomic E-state index is 14.2. The van der Waals surface area contributed by atoms with Crippen LogP contribution in [0.2, 0.25) is 0 Å². The second-order valence-electron chi connectivity index (χ2n) is 12.7. The molecular weight excluding hydrogens is 480 g/mol. The summed E-state index contributed by atoms with van der Waals surface area (Å²) >= 11 is 0. The van der Waals surface area contributed by atoms with Gasteiger partial charge in [-0.2, -0.15) is 0 Å². The summed E-state index contributed by atoms with van der Waals surface area (Å²) in [5.74, 6) is -2.94. The molecule has 0 bridgehead atoms. The molecule has 1 aromatic rings. The number of esters is 1. The van der Waals surface area contributed by atoms with E-state index in [1.54, 1.807) is 11.8 Å². The molecule has 0 radical (unpaired) electrons. The molecule has 0 aromatic heterocycles. The summed E-state index contributed by atoms with van der Waals surface area (Å²) in [5, 5.41) is 13.7. The molecule has 1 aliphatic heterocycles. The Morgan fingerprint density at radius 1 is 1.08 bits per heavy atom. The molecule has 1 saturated heterocycles. The Morgan fingerprint density at radius 2 is 1.74 bits per heavy atom. The number of aliphatic hydroxyl groups is 1. The Balaban J connectivity index is 2.05. The normalized spacial score (nSPS) is 26.2. The van der Waals surface area contributed by atoms with E-state index in [0.717, 1.165) is 12.0 Å². The summed E-state index contributed by atoms with van der Waals surface area (Å²) < 4.78 is 5.43. The fourth-order valence-corrected chi connectivity index (χ4v) is 6.70. The number of hydrogen-bond acceptors (Lipinski definition) is 5. The minimum absolute atomic E-state index is 0.0143. The summed E-state index contributed by atoms with van der Waals surface area (Å²) in [7, 11) is 0. The van der Waals surface area contributed by atoms with E-state index in [9.17, 15) is 19.5 Å². The fourth-order valence-electron chi connectivity index (χ4n) is 6.70. The largest absolute Gasteiger partial charge is 0.466 e. The fraction of sp³-hybridized carbons (Fsp3) is 0.645. The summed E-state index contributed by atoms with van der Waals surface area (Å²) in [6.45, 7) is 14.1. The first kappa shape index (κ1) is 29.9. The highest BCUT2D eigenvalue weighted by atomic mass is 16.5. The first-order chi connectivity index (χ1) is 17.8. The van der Waals surface area contributed by atoms with Crippen molar-refractivity contribution >= 4 is 17.8 Å². The van der Waals surface area contributed by atoms with Crippen LogP contribution in [0.25, 0.3) is 0 Å². The van der Waals surface area contributed by atoms with Crippen molar-refractivity contribution in [3.63, 3.8) is 0 Å². The Bertz CT molecular complexity index is 1010. The van der Waals surface area contributed by atoms with Crippen LogP contribution in [0.3, 0.4) is 0 Å². The standard InChI is InChI=1S/C31H46N2O5/c1-8-21-15-16-23-25(24(21)29(37)38-9-2)28(36)33(22(18-34)17-20-13-11-10-12-14-20)26(23)27(35)32-31(6,7)19-30(3,4)5/h10-16,21-26,34H,8-9,17-19H2,1-7H3,(H,32,35)/t21-,22-,23+,24-,25+,26+/m1/s1. The number of benzene rings is 1. The number of carbonyl (C=O) groups is 3. The van der Waals surface area contributed by atoms with Gasteiger partial charge in [0, 0.05) is 11.5 Å². The van der Waals surface area contributed by atoms with Gasteiger partial charge in [0.2, 0.25) is 11.8 Å². The van der Waals surface area contributed by atoms with Gasteiger partial charge in [-0.25, -0.2) is 0 Å². The predicted molar refractivity (Wildman–Crippen MR) is 148 cm³/mol. The molecule has 0 spiro atoms. The molecule has 1 aromatic carbocycles. The van der Waals surface area contributed by atoms with E-state index in [-0.39, 0.29) is 36.4 Å². The number of nitrogens with zero attached hydrogens (tertiary/aromatic N) is 1. The zero-order valence-electron chi connectivity index (χ0n) is 24.1. The number of fused-ring (bicyclic) bond motifs is 1. The zero-order chi connectivity index (χ0) is 28.3. The molecule has 2 amide bonds. The van der Waals surface area contributed by atoms with Gasteiger partial charge in [0.15, 0.2) is 0 Å². The summed E-state index contributed by atoms with van der Waals surface area (Å²) in [6, 6.07) is 8.21. The van der Waals surface area contributed by atoms with Crippen LogP contribution in [-0.2, 0) is 25.5 Å². The minimum atomic E-state index is -0.835.